The number of rotatable bonds is 2. The summed E-state index contributed by atoms with van der Waals surface area (Å²) < 4.78 is 40.5. The first-order valence-corrected chi connectivity index (χ1v) is 6.79. The molecule has 0 spiro atoms. The molecule has 1 amide bonds. The van der Waals surface area contributed by atoms with Gasteiger partial charge in [-0.15, -0.1) is 0 Å². The van der Waals surface area contributed by atoms with E-state index >= 15 is 0 Å². The predicted octanol–water partition coefficient (Wildman–Crippen LogP) is 2.00. The number of halogens is 3. The molecule has 2 aromatic heterocycles. The Labute approximate surface area is 124 Å². The van der Waals surface area contributed by atoms with Crippen LogP contribution in [0.15, 0.2) is 24.5 Å². The van der Waals surface area contributed by atoms with Gasteiger partial charge in [-0.3, -0.25) is 19.1 Å². The van der Waals surface area contributed by atoms with Crippen LogP contribution in [0, 0.1) is 0 Å². The van der Waals surface area contributed by atoms with Crippen LogP contribution < -0.4 is 4.90 Å². The number of amides is 1. The van der Waals surface area contributed by atoms with E-state index in [-0.39, 0.29) is 5.91 Å². The van der Waals surface area contributed by atoms with Gasteiger partial charge in [0.05, 0.1) is 0 Å². The summed E-state index contributed by atoms with van der Waals surface area (Å²) >= 11 is 0. The molecular weight excluding hydrogens is 299 g/mol. The van der Waals surface area contributed by atoms with E-state index in [1.165, 1.54) is 11.1 Å². The van der Waals surface area contributed by atoms with Crippen molar-refractivity contribution in [2.75, 3.05) is 11.4 Å². The van der Waals surface area contributed by atoms with Crippen molar-refractivity contribution >= 4 is 11.7 Å². The van der Waals surface area contributed by atoms with Gasteiger partial charge in [0.2, 0.25) is 0 Å². The van der Waals surface area contributed by atoms with Crippen LogP contribution in [-0.2, 0) is 18.0 Å². The van der Waals surface area contributed by atoms with Gasteiger partial charge >= 0.3 is 6.18 Å². The van der Waals surface area contributed by atoms with Crippen LogP contribution in [0.5, 0.6) is 0 Å². The average Bonchev–Trinajstić information content (AvgIpc) is 3.07. The molecule has 0 saturated carbocycles. The van der Waals surface area contributed by atoms with Crippen molar-refractivity contribution in [1.29, 1.82) is 0 Å². The maximum Gasteiger partial charge on any atom is 0.435 e. The number of hydrogen-bond acceptors (Lipinski definition) is 3. The average molecular weight is 313 g/mol. The van der Waals surface area contributed by atoms with Gasteiger partial charge in [-0.2, -0.15) is 23.4 Å². The second-order valence-corrected chi connectivity index (χ2v) is 5.17. The topological polar surface area (TPSA) is 56.0 Å². The van der Waals surface area contributed by atoms with Gasteiger partial charge in [0.1, 0.15) is 6.04 Å². The molecule has 1 saturated heterocycles. The van der Waals surface area contributed by atoms with Crippen molar-refractivity contribution in [3.63, 3.8) is 0 Å². The summed E-state index contributed by atoms with van der Waals surface area (Å²) in [5, 5.41) is 7.68. The molecule has 0 unspecified atom stereocenters. The van der Waals surface area contributed by atoms with Gasteiger partial charge < -0.3 is 0 Å². The number of hydrogen-bond donors (Lipinski definition) is 0. The molecule has 0 radical (unpaired) electrons. The van der Waals surface area contributed by atoms with Gasteiger partial charge in [0.15, 0.2) is 11.5 Å². The summed E-state index contributed by atoms with van der Waals surface area (Å²) in [4.78, 5) is 14.0. The summed E-state index contributed by atoms with van der Waals surface area (Å²) in [5.41, 5.74) is -0.991. The van der Waals surface area contributed by atoms with E-state index in [9.17, 15) is 18.0 Å². The van der Waals surface area contributed by atoms with Crippen LogP contribution in [0.3, 0.4) is 0 Å². The fraction of sp³-hybridized carbons (Fsp3) is 0.462. The second kappa shape index (κ2) is 5.15. The van der Waals surface area contributed by atoms with Crippen LogP contribution in [-0.4, -0.2) is 32.0 Å². The van der Waals surface area contributed by atoms with Crippen molar-refractivity contribution in [1.82, 2.24) is 19.6 Å². The lowest BCUT2D eigenvalue weighted by Crippen LogP contribution is -2.42. The first kappa shape index (κ1) is 14.6. The lowest BCUT2D eigenvalue weighted by Gasteiger charge is -2.30. The highest BCUT2D eigenvalue weighted by Crippen LogP contribution is 2.30. The van der Waals surface area contributed by atoms with Crippen LogP contribution >= 0.6 is 0 Å². The van der Waals surface area contributed by atoms with Crippen LogP contribution in [0.2, 0.25) is 0 Å². The zero-order valence-corrected chi connectivity index (χ0v) is 11.8. The van der Waals surface area contributed by atoms with Crippen LogP contribution in [0.4, 0.5) is 19.0 Å². The van der Waals surface area contributed by atoms with E-state index in [2.05, 4.69) is 10.2 Å². The van der Waals surface area contributed by atoms with Crippen molar-refractivity contribution in [3.8, 4) is 0 Å². The van der Waals surface area contributed by atoms with Gasteiger partial charge in [0.25, 0.3) is 5.91 Å². The SMILES string of the molecule is Cn1ccc(N2CCC[C@H](n3ccc(C(F)(F)F)n3)C2=O)n1. The number of anilines is 1. The van der Waals surface area contributed by atoms with Gasteiger partial charge in [-0.05, 0) is 18.9 Å². The maximum atomic E-state index is 12.6. The quantitative estimate of drug-likeness (QED) is 0.852. The fourth-order valence-electron chi connectivity index (χ4n) is 2.54. The van der Waals surface area contributed by atoms with E-state index in [4.69, 9.17) is 0 Å². The molecule has 3 rings (SSSR count). The minimum absolute atomic E-state index is 0.290. The molecule has 0 bridgehead atoms. The van der Waals surface area contributed by atoms with Gasteiger partial charge in [0, 0.05) is 32.1 Å². The number of aromatic nitrogens is 4. The van der Waals surface area contributed by atoms with Crippen LogP contribution in [0.1, 0.15) is 24.6 Å². The third-order valence-corrected chi connectivity index (χ3v) is 3.60. The number of piperidine rings is 1. The Kier molecular flexibility index (Phi) is 3.42. The summed E-state index contributed by atoms with van der Waals surface area (Å²) in [6.07, 6.45) is -0.464. The Bertz CT molecular complexity index is 690. The molecule has 2 aromatic rings. The number of carbonyl (C=O) groups is 1. The zero-order chi connectivity index (χ0) is 15.9. The van der Waals surface area contributed by atoms with E-state index in [1.54, 1.807) is 24.0 Å². The zero-order valence-electron chi connectivity index (χ0n) is 11.8. The molecule has 6 nitrogen and oxygen atoms in total. The molecule has 9 heteroatoms. The van der Waals surface area contributed by atoms with Crippen molar-refractivity contribution < 1.29 is 18.0 Å². The summed E-state index contributed by atoms with van der Waals surface area (Å²) in [7, 11) is 1.73. The Hall–Kier alpha value is -2.32. The summed E-state index contributed by atoms with van der Waals surface area (Å²) in [6.45, 7) is 0.500. The van der Waals surface area contributed by atoms with Crippen LogP contribution in [0.25, 0.3) is 0 Å². The highest BCUT2D eigenvalue weighted by Gasteiger charge is 2.37. The number of nitrogens with zero attached hydrogens (tertiary/aromatic N) is 5. The standard InChI is InChI=1S/C13H14F3N5O/c1-19-7-5-11(18-19)20-6-2-3-9(12(20)22)21-8-4-10(17-21)13(14,15)16/h4-5,7-9H,2-3,6H2,1H3/t9-/m0/s1. The molecule has 1 fully saturated rings. The lowest BCUT2D eigenvalue weighted by molar-refractivity contribution is -0.142. The summed E-state index contributed by atoms with van der Waals surface area (Å²) in [5.74, 6) is 0.210. The first-order chi connectivity index (χ1) is 10.4. The number of aryl methyl sites for hydroxylation is 1. The molecule has 1 aliphatic heterocycles. The molecule has 0 aromatic carbocycles. The van der Waals surface area contributed by atoms with Crippen molar-refractivity contribution in [2.45, 2.75) is 25.1 Å². The highest BCUT2D eigenvalue weighted by molar-refractivity contribution is 5.95. The molecule has 1 aliphatic rings. The molecule has 22 heavy (non-hydrogen) atoms. The minimum Gasteiger partial charge on any atom is -0.293 e. The number of alkyl halides is 3. The van der Waals surface area contributed by atoms with E-state index in [0.717, 1.165) is 10.7 Å². The smallest absolute Gasteiger partial charge is 0.293 e. The Balaban J connectivity index is 1.85. The Morgan fingerprint density at radius 1 is 1.23 bits per heavy atom. The molecule has 0 N–H and O–H groups in total. The fourth-order valence-corrected chi connectivity index (χ4v) is 2.54. The normalized spacial score (nSPS) is 19.7. The monoisotopic (exact) mass is 313 g/mol. The van der Waals surface area contributed by atoms with Crippen molar-refractivity contribution in [2.24, 2.45) is 7.05 Å². The predicted molar refractivity (Wildman–Crippen MR) is 71.1 cm³/mol. The second-order valence-electron chi connectivity index (χ2n) is 5.17. The molecule has 0 aliphatic carbocycles. The Morgan fingerprint density at radius 3 is 2.59 bits per heavy atom. The largest absolute Gasteiger partial charge is 0.435 e. The van der Waals surface area contributed by atoms with E-state index in [0.29, 0.717) is 25.2 Å². The highest BCUT2D eigenvalue weighted by atomic mass is 19.4. The van der Waals surface area contributed by atoms with E-state index < -0.39 is 17.9 Å². The third-order valence-electron chi connectivity index (χ3n) is 3.60. The Morgan fingerprint density at radius 2 is 2.00 bits per heavy atom. The molecular formula is C13H14F3N5O. The van der Waals surface area contributed by atoms with Crippen molar-refractivity contribution in [3.05, 3.63) is 30.2 Å². The maximum absolute atomic E-state index is 12.6. The lowest BCUT2D eigenvalue weighted by atomic mass is 10.1. The van der Waals surface area contributed by atoms with Gasteiger partial charge in [-0.25, -0.2) is 0 Å². The van der Waals surface area contributed by atoms with Gasteiger partial charge in [-0.1, -0.05) is 0 Å². The molecule has 1 atom stereocenters. The third kappa shape index (κ3) is 2.58. The first-order valence-electron chi connectivity index (χ1n) is 6.79. The minimum atomic E-state index is -4.51. The number of carbonyl (C=O) groups excluding carboxylic acids is 1. The van der Waals surface area contributed by atoms with E-state index in [1.807, 2.05) is 0 Å². The molecule has 118 valence electrons. The molecule has 3 heterocycles. The summed E-state index contributed by atoms with van der Waals surface area (Å²) in [6, 6.07) is 1.85.